The van der Waals surface area contributed by atoms with Crippen LogP contribution in [0.3, 0.4) is 0 Å². The average Bonchev–Trinajstić information content (AvgIpc) is 2.91. The van der Waals surface area contributed by atoms with E-state index in [1.165, 1.54) is 11.1 Å². The number of amides is 1. The van der Waals surface area contributed by atoms with Crippen LogP contribution in [0.1, 0.15) is 21.5 Å². The van der Waals surface area contributed by atoms with Crippen LogP contribution in [0.5, 0.6) is 0 Å². The summed E-state index contributed by atoms with van der Waals surface area (Å²) in [5, 5.41) is 10.1. The maximum Gasteiger partial charge on any atom is 0.255 e. The fraction of sp³-hybridized carbons (Fsp3) is 0.214. The van der Waals surface area contributed by atoms with Crippen molar-refractivity contribution in [3.8, 4) is 0 Å². The third-order valence-electron chi connectivity index (χ3n) is 3.13. The van der Waals surface area contributed by atoms with Crippen molar-refractivity contribution in [2.24, 2.45) is 0 Å². The van der Waals surface area contributed by atoms with Crippen LogP contribution < -0.4 is 10.6 Å². The minimum atomic E-state index is -0.0400. The largest absolute Gasteiger partial charge is 0.321 e. The van der Waals surface area contributed by atoms with Gasteiger partial charge in [-0.1, -0.05) is 6.07 Å². The van der Waals surface area contributed by atoms with Crippen molar-refractivity contribution in [3.05, 3.63) is 51.7 Å². The Bertz CT molecular complexity index is 563. The van der Waals surface area contributed by atoms with Crippen molar-refractivity contribution in [1.82, 2.24) is 5.32 Å². The monoisotopic (exact) mass is 258 g/mol. The van der Waals surface area contributed by atoms with Gasteiger partial charge in [-0.25, -0.2) is 0 Å². The first kappa shape index (κ1) is 11.4. The van der Waals surface area contributed by atoms with Gasteiger partial charge < -0.3 is 10.6 Å². The highest BCUT2D eigenvalue weighted by Gasteiger charge is 2.12. The molecule has 18 heavy (non-hydrogen) atoms. The van der Waals surface area contributed by atoms with Gasteiger partial charge in [-0.05, 0) is 47.7 Å². The lowest BCUT2D eigenvalue weighted by molar-refractivity contribution is 0.102. The minimum absolute atomic E-state index is 0.0400. The summed E-state index contributed by atoms with van der Waals surface area (Å²) < 4.78 is 0. The molecule has 1 aromatic carbocycles. The van der Waals surface area contributed by atoms with E-state index in [9.17, 15) is 4.79 Å². The van der Waals surface area contributed by atoms with E-state index in [1.54, 1.807) is 11.3 Å². The van der Waals surface area contributed by atoms with E-state index in [-0.39, 0.29) is 5.91 Å². The summed E-state index contributed by atoms with van der Waals surface area (Å²) in [7, 11) is 0. The number of fused-ring (bicyclic) bond motifs is 1. The second-order valence-electron chi connectivity index (χ2n) is 4.38. The van der Waals surface area contributed by atoms with E-state index in [0.717, 1.165) is 30.8 Å². The van der Waals surface area contributed by atoms with Gasteiger partial charge in [0.15, 0.2) is 0 Å². The third kappa shape index (κ3) is 2.30. The number of hydrogen-bond donors (Lipinski definition) is 2. The summed E-state index contributed by atoms with van der Waals surface area (Å²) in [5.74, 6) is -0.0400. The van der Waals surface area contributed by atoms with E-state index >= 15 is 0 Å². The highest BCUT2D eigenvalue weighted by Crippen LogP contribution is 2.18. The molecule has 0 spiro atoms. The molecule has 2 heterocycles. The molecule has 0 bridgehead atoms. The fourth-order valence-electron chi connectivity index (χ4n) is 2.16. The van der Waals surface area contributed by atoms with Gasteiger partial charge in [0.1, 0.15) is 0 Å². The Hall–Kier alpha value is -1.65. The predicted octanol–water partition coefficient (Wildman–Crippen LogP) is 2.65. The summed E-state index contributed by atoms with van der Waals surface area (Å²) in [6, 6.07) is 7.87. The number of nitrogens with one attached hydrogen (secondary N) is 2. The van der Waals surface area contributed by atoms with Crippen molar-refractivity contribution in [1.29, 1.82) is 0 Å². The first-order chi connectivity index (χ1) is 8.83. The van der Waals surface area contributed by atoms with E-state index in [2.05, 4.69) is 16.7 Å². The van der Waals surface area contributed by atoms with E-state index in [1.807, 2.05) is 29.0 Å². The van der Waals surface area contributed by atoms with Crippen molar-refractivity contribution >= 4 is 22.9 Å². The molecule has 3 nitrogen and oxygen atoms in total. The Morgan fingerprint density at radius 3 is 3.06 bits per heavy atom. The van der Waals surface area contributed by atoms with Crippen molar-refractivity contribution in [3.63, 3.8) is 0 Å². The summed E-state index contributed by atoms with van der Waals surface area (Å²) in [6.45, 7) is 1.88. The lowest BCUT2D eigenvalue weighted by Gasteiger charge is -2.17. The van der Waals surface area contributed by atoms with Crippen LogP contribution in [0.2, 0.25) is 0 Å². The van der Waals surface area contributed by atoms with E-state index in [4.69, 9.17) is 0 Å². The summed E-state index contributed by atoms with van der Waals surface area (Å²) in [6.07, 6.45) is 1.04. The fourth-order valence-corrected chi connectivity index (χ4v) is 2.75. The van der Waals surface area contributed by atoms with Crippen LogP contribution in [-0.4, -0.2) is 12.5 Å². The van der Waals surface area contributed by atoms with Crippen LogP contribution in [0.25, 0.3) is 0 Å². The molecule has 1 aliphatic rings. The molecule has 1 amide bonds. The molecule has 2 N–H and O–H groups in total. The Balaban J connectivity index is 1.81. The molecule has 2 aromatic rings. The predicted molar refractivity (Wildman–Crippen MR) is 74.1 cm³/mol. The molecular weight excluding hydrogens is 244 g/mol. The summed E-state index contributed by atoms with van der Waals surface area (Å²) >= 11 is 1.57. The van der Waals surface area contributed by atoms with Gasteiger partial charge in [-0.3, -0.25) is 4.79 Å². The molecule has 3 rings (SSSR count). The molecule has 0 saturated carbocycles. The number of rotatable bonds is 2. The SMILES string of the molecule is O=C(Nc1ccsc1)c1ccc2c(c1)CNCC2. The molecule has 0 fully saturated rings. The van der Waals surface area contributed by atoms with E-state index < -0.39 is 0 Å². The lowest BCUT2D eigenvalue weighted by atomic mass is 9.98. The van der Waals surface area contributed by atoms with Crippen molar-refractivity contribution in [2.45, 2.75) is 13.0 Å². The first-order valence-corrected chi connectivity index (χ1v) is 6.93. The second-order valence-corrected chi connectivity index (χ2v) is 5.16. The molecule has 92 valence electrons. The number of benzene rings is 1. The molecule has 1 aliphatic heterocycles. The van der Waals surface area contributed by atoms with Gasteiger partial charge in [0.2, 0.25) is 0 Å². The van der Waals surface area contributed by atoms with Gasteiger partial charge in [-0.15, -0.1) is 0 Å². The maximum atomic E-state index is 12.1. The molecule has 0 radical (unpaired) electrons. The van der Waals surface area contributed by atoms with Gasteiger partial charge >= 0.3 is 0 Å². The Labute approximate surface area is 110 Å². The first-order valence-electron chi connectivity index (χ1n) is 5.99. The van der Waals surface area contributed by atoms with Crippen LogP contribution in [0.15, 0.2) is 35.0 Å². The normalized spacial score (nSPS) is 14.0. The molecule has 1 aromatic heterocycles. The highest BCUT2D eigenvalue weighted by atomic mass is 32.1. The number of anilines is 1. The molecule has 0 unspecified atom stereocenters. The quantitative estimate of drug-likeness (QED) is 0.869. The number of carbonyl (C=O) groups excluding carboxylic acids is 1. The third-order valence-corrected chi connectivity index (χ3v) is 3.82. The zero-order valence-electron chi connectivity index (χ0n) is 9.90. The van der Waals surface area contributed by atoms with Crippen molar-refractivity contribution < 1.29 is 4.79 Å². The minimum Gasteiger partial charge on any atom is -0.321 e. The van der Waals surface area contributed by atoms with Crippen LogP contribution >= 0.6 is 11.3 Å². The number of hydrogen-bond acceptors (Lipinski definition) is 3. The average molecular weight is 258 g/mol. The van der Waals surface area contributed by atoms with Crippen LogP contribution in [0.4, 0.5) is 5.69 Å². The topological polar surface area (TPSA) is 41.1 Å². The second kappa shape index (κ2) is 4.92. The van der Waals surface area contributed by atoms with Crippen molar-refractivity contribution in [2.75, 3.05) is 11.9 Å². The molecule has 0 aliphatic carbocycles. The zero-order chi connectivity index (χ0) is 12.4. The maximum absolute atomic E-state index is 12.1. The van der Waals surface area contributed by atoms with Crippen LogP contribution in [0, 0.1) is 0 Å². The summed E-state index contributed by atoms with van der Waals surface area (Å²) in [4.78, 5) is 12.1. The Morgan fingerprint density at radius 1 is 1.28 bits per heavy atom. The van der Waals surface area contributed by atoms with Gasteiger partial charge in [0, 0.05) is 17.5 Å². The lowest BCUT2D eigenvalue weighted by Crippen LogP contribution is -2.24. The van der Waals surface area contributed by atoms with Gasteiger partial charge in [0.25, 0.3) is 5.91 Å². The van der Waals surface area contributed by atoms with E-state index in [0.29, 0.717) is 0 Å². The van der Waals surface area contributed by atoms with Gasteiger partial charge in [0.05, 0.1) is 5.69 Å². The molecular formula is C14H14N2OS. The molecule has 0 saturated heterocycles. The standard InChI is InChI=1S/C14H14N2OS/c17-14(16-13-4-6-18-9-13)11-2-1-10-3-5-15-8-12(10)7-11/h1-2,4,6-7,9,15H,3,5,8H2,(H,16,17). The Kier molecular flexibility index (Phi) is 3.13. The smallest absolute Gasteiger partial charge is 0.255 e. The molecule has 4 heteroatoms. The zero-order valence-corrected chi connectivity index (χ0v) is 10.7. The number of carbonyl (C=O) groups is 1. The molecule has 0 atom stereocenters. The Morgan fingerprint density at radius 2 is 2.22 bits per heavy atom. The summed E-state index contributed by atoms with van der Waals surface area (Å²) in [5.41, 5.74) is 4.17. The van der Waals surface area contributed by atoms with Crippen LogP contribution in [-0.2, 0) is 13.0 Å². The van der Waals surface area contributed by atoms with Gasteiger partial charge in [-0.2, -0.15) is 11.3 Å². The number of thiophene rings is 1. The highest BCUT2D eigenvalue weighted by molar-refractivity contribution is 7.08.